The lowest BCUT2D eigenvalue weighted by molar-refractivity contribution is -0.144. The van der Waals surface area contributed by atoms with Crippen molar-refractivity contribution in [2.45, 2.75) is 32.2 Å². The molecule has 0 spiro atoms. The molecule has 92 valence electrons. The van der Waals surface area contributed by atoms with Gasteiger partial charge in [-0.15, -0.1) is 0 Å². The van der Waals surface area contributed by atoms with Gasteiger partial charge in [-0.2, -0.15) is 5.26 Å². The van der Waals surface area contributed by atoms with E-state index in [2.05, 4.69) is 4.98 Å². The molecule has 0 atom stereocenters. The molecule has 1 aromatic heterocycles. The molecule has 0 saturated carbocycles. The quantitative estimate of drug-likeness (QED) is 0.735. The Balaban J connectivity index is 2.18. The van der Waals surface area contributed by atoms with Gasteiger partial charge in [-0.1, -0.05) is 0 Å². The lowest BCUT2D eigenvalue weighted by Gasteiger charge is -2.18. The van der Waals surface area contributed by atoms with Gasteiger partial charge in [-0.3, -0.25) is 14.5 Å². The first-order chi connectivity index (χ1) is 8.70. The smallest absolute Gasteiger partial charge is 0.229 e. The van der Waals surface area contributed by atoms with Crippen LogP contribution in [-0.2, 0) is 16.1 Å². The van der Waals surface area contributed by atoms with E-state index in [0.29, 0.717) is 18.5 Å². The minimum Gasteiger partial charge on any atom is -0.278 e. The average Bonchev–Trinajstić information content (AvgIpc) is 2.54. The first-order valence-electron chi connectivity index (χ1n) is 5.89. The Morgan fingerprint density at radius 2 is 1.94 bits per heavy atom. The second kappa shape index (κ2) is 5.41. The third kappa shape index (κ3) is 2.72. The summed E-state index contributed by atoms with van der Waals surface area (Å²) < 4.78 is 0. The maximum absolute atomic E-state index is 11.8. The van der Waals surface area contributed by atoms with Crippen molar-refractivity contribution < 1.29 is 9.59 Å². The zero-order valence-corrected chi connectivity index (χ0v) is 9.93. The molecule has 0 radical (unpaired) electrons. The van der Waals surface area contributed by atoms with E-state index in [4.69, 9.17) is 5.26 Å². The Labute approximate surface area is 105 Å². The number of pyridine rings is 1. The predicted molar refractivity (Wildman–Crippen MR) is 63.0 cm³/mol. The molecular formula is C13H13N3O2. The fourth-order valence-electron chi connectivity index (χ4n) is 1.95. The fraction of sp³-hybridized carbons (Fsp3) is 0.385. The van der Waals surface area contributed by atoms with Crippen LogP contribution < -0.4 is 0 Å². The van der Waals surface area contributed by atoms with Crippen LogP contribution in [0.5, 0.6) is 0 Å². The molecule has 0 aliphatic carbocycles. The zero-order chi connectivity index (χ0) is 13.0. The summed E-state index contributed by atoms with van der Waals surface area (Å²) in [6.07, 6.45) is 3.88. The van der Waals surface area contributed by atoms with Crippen LogP contribution in [0.2, 0.25) is 0 Å². The zero-order valence-electron chi connectivity index (χ0n) is 9.93. The number of amides is 2. The number of carbonyl (C=O) groups excluding carboxylic acids is 2. The Hall–Kier alpha value is -2.22. The third-order valence-corrected chi connectivity index (χ3v) is 2.91. The van der Waals surface area contributed by atoms with Crippen molar-refractivity contribution in [2.75, 3.05) is 0 Å². The SMILES string of the molecule is N#Cc1cc(CN2C(=O)CCCCC2=O)ccn1. The van der Waals surface area contributed by atoms with E-state index in [1.54, 1.807) is 12.1 Å². The van der Waals surface area contributed by atoms with Crippen molar-refractivity contribution in [3.63, 3.8) is 0 Å². The van der Waals surface area contributed by atoms with Crippen molar-refractivity contribution in [1.29, 1.82) is 5.26 Å². The van der Waals surface area contributed by atoms with Crippen molar-refractivity contribution in [3.05, 3.63) is 29.6 Å². The van der Waals surface area contributed by atoms with Gasteiger partial charge in [0.1, 0.15) is 11.8 Å². The van der Waals surface area contributed by atoms with Gasteiger partial charge < -0.3 is 0 Å². The Morgan fingerprint density at radius 1 is 1.28 bits per heavy atom. The molecule has 2 heterocycles. The van der Waals surface area contributed by atoms with Crippen molar-refractivity contribution in [3.8, 4) is 6.07 Å². The number of nitriles is 1. The molecule has 2 amide bonds. The predicted octanol–water partition coefficient (Wildman–Crippen LogP) is 1.38. The largest absolute Gasteiger partial charge is 0.278 e. The highest BCUT2D eigenvalue weighted by Crippen LogP contribution is 2.15. The number of carbonyl (C=O) groups is 2. The molecule has 1 fully saturated rings. The second-order valence-electron chi connectivity index (χ2n) is 4.24. The molecule has 1 saturated heterocycles. The summed E-state index contributed by atoms with van der Waals surface area (Å²) in [7, 11) is 0. The first kappa shape index (κ1) is 12.2. The highest BCUT2D eigenvalue weighted by Gasteiger charge is 2.23. The van der Waals surface area contributed by atoms with Gasteiger partial charge in [0, 0.05) is 19.0 Å². The van der Waals surface area contributed by atoms with Crippen LogP contribution in [0.25, 0.3) is 0 Å². The molecular weight excluding hydrogens is 230 g/mol. The van der Waals surface area contributed by atoms with Gasteiger partial charge in [0.05, 0.1) is 6.54 Å². The highest BCUT2D eigenvalue weighted by molar-refractivity contribution is 5.95. The maximum Gasteiger partial charge on any atom is 0.229 e. The highest BCUT2D eigenvalue weighted by atomic mass is 16.2. The fourth-order valence-corrected chi connectivity index (χ4v) is 1.95. The number of imide groups is 1. The number of nitrogens with zero attached hydrogens (tertiary/aromatic N) is 3. The summed E-state index contributed by atoms with van der Waals surface area (Å²) >= 11 is 0. The van der Waals surface area contributed by atoms with Gasteiger partial charge in [-0.05, 0) is 30.5 Å². The third-order valence-electron chi connectivity index (χ3n) is 2.91. The standard InChI is InChI=1S/C13H13N3O2/c14-8-11-7-10(5-6-15-11)9-16-12(17)3-1-2-4-13(16)18/h5-7H,1-4,9H2. The molecule has 0 N–H and O–H groups in total. The van der Waals surface area contributed by atoms with Crippen LogP contribution in [0.4, 0.5) is 0 Å². The average molecular weight is 243 g/mol. The summed E-state index contributed by atoms with van der Waals surface area (Å²) in [4.78, 5) is 28.8. The van der Waals surface area contributed by atoms with Crippen LogP contribution in [-0.4, -0.2) is 21.7 Å². The van der Waals surface area contributed by atoms with Gasteiger partial charge in [-0.25, -0.2) is 4.98 Å². The van der Waals surface area contributed by atoms with Crippen molar-refractivity contribution in [2.24, 2.45) is 0 Å². The Bertz CT molecular complexity index is 501. The van der Waals surface area contributed by atoms with Crippen LogP contribution >= 0.6 is 0 Å². The van der Waals surface area contributed by atoms with Crippen molar-refractivity contribution >= 4 is 11.8 Å². The van der Waals surface area contributed by atoms with Crippen LogP contribution in [0.15, 0.2) is 18.3 Å². The Morgan fingerprint density at radius 3 is 2.56 bits per heavy atom. The van der Waals surface area contributed by atoms with Crippen LogP contribution in [0.1, 0.15) is 36.9 Å². The van der Waals surface area contributed by atoms with Gasteiger partial charge in [0.15, 0.2) is 0 Å². The van der Waals surface area contributed by atoms with Crippen molar-refractivity contribution in [1.82, 2.24) is 9.88 Å². The maximum atomic E-state index is 11.8. The van der Waals surface area contributed by atoms with Crippen LogP contribution in [0, 0.1) is 11.3 Å². The number of likely N-dealkylation sites (tertiary alicyclic amines) is 1. The van der Waals surface area contributed by atoms with E-state index < -0.39 is 0 Å². The molecule has 1 aliphatic rings. The monoisotopic (exact) mass is 243 g/mol. The molecule has 2 rings (SSSR count). The van der Waals surface area contributed by atoms with E-state index in [9.17, 15) is 9.59 Å². The molecule has 1 aromatic rings. The Kier molecular flexibility index (Phi) is 3.68. The molecule has 1 aliphatic heterocycles. The lowest BCUT2D eigenvalue weighted by Crippen LogP contribution is -2.34. The summed E-state index contributed by atoms with van der Waals surface area (Å²) in [5, 5.41) is 8.76. The van der Waals surface area contributed by atoms with Crippen LogP contribution in [0.3, 0.4) is 0 Å². The summed E-state index contributed by atoms with van der Waals surface area (Å²) in [6, 6.07) is 5.26. The molecule has 5 heteroatoms. The van der Waals surface area contributed by atoms with E-state index in [1.165, 1.54) is 11.1 Å². The van der Waals surface area contributed by atoms with E-state index in [1.807, 2.05) is 6.07 Å². The first-order valence-corrected chi connectivity index (χ1v) is 5.89. The lowest BCUT2D eigenvalue weighted by atomic mass is 10.2. The van der Waals surface area contributed by atoms with Gasteiger partial charge in [0.25, 0.3) is 0 Å². The number of hydrogen-bond donors (Lipinski definition) is 0. The van der Waals surface area contributed by atoms with E-state index >= 15 is 0 Å². The summed E-state index contributed by atoms with van der Waals surface area (Å²) in [5.74, 6) is -0.263. The topological polar surface area (TPSA) is 74.1 Å². The molecule has 5 nitrogen and oxygen atoms in total. The molecule has 18 heavy (non-hydrogen) atoms. The number of rotatable bonds is 2. The minimum absolute atomic E-state index is 0.132. The summed E-state index contributed by atoms with van der Waals surface area (Å²) in [6.45, 7) is 0.231. The molecule has 0 aromatic carbocycles. The van der Waals surface area contributed by atoms with E-state index in [-0.39, 0.29) is 18.4 Å². The number of aromatic nitrogens is 1. The summed E-state index contributed by atoms with van der Waals surface area (Å²) in [5.41, 5.74) is 1.05. The molecule has 0 unspecified atom stereocenters. The van der Waals surface area contributed by atoms with E-state index in [0.717, 1.165) is 18.4 Å². The second-order valence-corrected chi connectivity index (χ2v) is 4.24. The van der Waals surface area contributed by atoms with Gasteiger partial charge >= 0.3 is 0 Å². The minimum atomic E-state index is -0.132. The van der Waals surface area contributed by atoms with Gasteiger partial charge in [0.2, 0.25) is 11.8 Å². The normalized spacial score (nSPS) is 16.3. The molecule has 0 bridgehead atoms. The number of hydrogen-bond acceptors (Lipinski definition) is 4.